The fourth-order valence-corrected chi connectivity index (χ4v) is 7.59. The second-order valence-electron chi connectivity index (χ2n) is 13.4. The third-order valence-electron chi connectivity index (χ3n) is 10.3. The van der Waals surface area contributed by atoms with Gasteiger partial charge in [-0.25, -0.2) is 0 Å². The molecule has 9 rings (SSSR count). The Bertz CT molecular complexity index is 2530. The van der Waals surface area contributed by atoms with E-state index in [1.807, 2.05) is 0 Å². The van der Waals surface area contributed by atoms with Crippen molar-refractivity contribution in [1.29, 1.82) is 0 Å². The number of rotatable bonds is 7. The van der Waals surface area contributed by atoms with Gasteiger partial charge in [-0.05, 0) is 117 Å². The standard InChI is InChI=1S/C49H38N2/c1-50(49-34-41-16-7-8-19-46(41)47-20-9-10-21-48(47)49)42-27-22-37(23-28-42)38-24-29-43(30-25-38)51(45-31-26-36-14-5-6-15-39(36)33-45)44-18-11-17-40(32-44)35-12-3-2-4-13-35/h2-4,6-13,15-34H,5,14H2,1H3. The molecule has 8 aromatic carbocycles. The van der Waals surface area contributed by atoms with Crippen molar-refractivity contribution < 1.29 is 0 Å². The molecule has 0 radical (unpaired) electrons. The summed E-state index contributed by atoms with van der Waals surface area (Å²) in [6, 6.07) is 64.0. The summed E-state index contributed by atoms with van der Waals surface area (Å²) in [5.41, 5.74) is 13.3. The van der Waals surface area contributed by atoms with Crippen LogP contribution in [0.3, 0.4) is 0 Å². The van der Waals surface area contributed by atoms with E-state index in [9.17, 15) is 0 Å². The molecule has 0 bridgehead atoms. The summed E-state index contributed by atoms with van der Waals surface area (Å²) in [4.78, 5) is 4.68. The third kappa shape index (κ3) is 5.85. The molecule has 0 saturated heterocycles. The zero-order chi connectivity index (χ0) is 34.1. The van der Waals surface area contributed by atoms with Crippen LogP contribution in [-0.4, -0.2) is 7.05 Å². The van der Waals surface area contributed by atoms with E-state index in [0.717, 1.165) is 35.6 Å². The number of anilines is 5. The molecule has 0 N–H and O–H groups in total. The summed E-state index contributed by atoms with van der Waals surface area (Å²) in [6.07, 6.45) is 6.76. The molecular formula is C49H38N2. The molecule has 0 saturated carbocycles. The molecule has 0 aliphatic heterocycles. The minimum absolute atomic E-state index is 1.09. The number of aryl methyl sites for hydroxylation is 1. The highest BCUT2D eigenvalue weighted by molar-refractivity contribution is 6.13. The molecule has 0 atom stereocenters. The highest BCUT2D eigenvalue weighted by Crippen LogP contribution is 2.40. The summed E-state index contributed by atoms with van der Waals surface area (Å²) in [7, 11) is 2.16. The maximum Gasteiger partial charge on any atom is 0.0494 e. The summed E-state index contributed by atoms with van der Waals surface area (Å²) in [5, 5.41) is 5.08. The molecule has 2 nitrogen and oxygen atoms in total. The van der Waals surface area contributed by atoms with Crippen molar-refractivity contribution in [3.63, 3.8) is 0 Å². The molecule has 0 aromatic heterocycles. The quantitative estimate of drug-likeness (QED) is 0.158. The van der Waals surface area contributed by atoms with Gasteiger partial charge in [0.05, 0.1) is 0 Å². The largest absolute Gasteiger partial charge is 0.344 e. The van der Waals surface area contributed by atoms with Crippen molar-refractivity contribution in [3.05, 3.63) is 193 Å². The number of hydrogen-bond donors (Lipinski definition) is 0. The Morgan fingerprint density at radius 2 is 1.04 bits per heavy atom. The molecule has 0 unspecified atom stereocenters. The lowest BCUT2D eigenvalue weighted by Gasteiger charge is -2.27. The Morgan fingerprint density at radius 3 is 1.82 bits per heavy atom. The summed E-state index contributed by atoms with van der Waals surface area (Å²) in [5.74, 6) is 0. The van der Waals surface area contributed by atoms with Crippen LogP contribution in [0.5, 0.6) is 0 Å². The second-order valence-corrected chi connectivity index (χ2v) is 13.4. The van der Waals surface area contributed by atoms with Crippen molar-refractivity contribution in [1.82, 2.24) is 0 Å². The van der Waals surface area contributed by atoms with Gasteiger partial charge in [0, 0.05) is 40.9 Å². The van der Waals surface area contributed by atoms with Crippen LogP contribution in [0.2, 0.25) is 0 Å². The van der Waals surface area contributed by atoms with Crippen molar-refractivity contribution in [2.45, 2.75) is 12.8 Å². The lowest BCUT2D eigenvalue weighted by molar-refractivity contribution is 0.985. The Labute approximate surface area is 300 Å². The van der Waals surface area contributed by atoms with E-state index in [0.29, 0.717) is 0 Å². The van der Waals surface area contributed by atoms with Crippen molar-refractivity contribution in [2.24, 2.45) is 0 Å². The van der Waals surface area contributed by atoms with Crippen LogP contribution in [0.1, 0.15) is 17.5 Å². The van der Waals surface area contributed by atoms with Gasteiger partial charge in [-0.3, -0.25) is 0 Å². The van der Waals surface area contributed by atoms with Gasteiger partial charge in [0.2, 0.25) is 0 Å². The molecule has 51 heavy (non-hydrogen) atoms. The predicted octanol–water partition coefficient (Wildman–Crippen LogP) is 13.5. The topological polar surface area (TPSA) is 6.48 Å². The molecule has 1 aliphatic rings. The van der Waals surface area contributed by atoms with Crippen LogP contribution < -0.4 is 9.80 Å². The van der Waals surface area contributed by atoms with Gasteiger partial charge in [-0.2, -0.15) is 0 Å². The fraction of sp³-hybridized carbons (Fsp3) is 0.0612. The van der Waals surface area contributed by atoms with Crippen LogP contribution in [0.25, 0.3) is 49.9 Å². The van der Waals surface area contributed by atoms with Gasteiger partial charge in [0.25, 0.3) is 0 Å². The number of fused-ring (bicyclic) bond motifs is 4. The normalized spacial score (nSPS) is 12.2. The number of allylic oxidation sites excluding steroid dienone is 1. The fourth-order valence-electron chi connectivity index (χ4n) is 7.59. The molecule has 0 fully saturated rings. The molecule has 2 heteroatoms. The van der Waals surface area contributed by atoms with Crippen LogP contribution in [-0.2, 0) is 6.42 Å². The van der Waals surface area contributed by atoms with Crippen LogP contribution in [0, 0.1) is 0 Å². The first-order chi connectivity index (χ1) is 25.2. The minimum Gasteiger partial charge on any atom is -0.344 e. The second kappa shape index (κ2) is 13.2. The molecule has 0 heterocycles. The zero-order valence-corrected chi connectivity index (χ0v) is 28.7. The van der Waals surface area contributed by atoms with E-state index in [-0.39, 0.29) is 0 Å². The number of nitrogens with zero attached hydrogens (tertiary/aromatic N) is 2. The molecular weight excluding hydrogens is 617 g/mol. The van der Waals surface area contributed by atoms with E-state index in [1.165, 1.54) is 60.6 Å². The zero-order valence-electron chi connectivity index (χ0n) is 28.7. The first kappa shape index (κ1) is 30.7. The first-order valence-corrected chi connectivity index (χ1v) is 17.8. The van der Waals surface area contributed by atoms with Crippen LogP contribution in [0.15, 0.2) is 182 Å². The van der Waals surface area contributed by atoms with Gasteiger partial charge in [0.1, 0.15) is 0 Å². The molecule has 244 valence electrons. The third-order valence-corrected chi connectivity index (χ3v) is 10.3. The van der Waals surface area contributed by atoms with E-state index >= 15 is 0 Å². The van der Waals surface area contributed by atoms with Crippen molar-refractivity contribution in [2.75, 3.05) is 16.8 Å². The Morgan fingerprint density at radius 1 is 0.431 bits per heavy atom. The van der Waals surface area contributed by atoms with E-state index < -0.39 is 0 Å². The summed E-state index contributed by atoms with van der Waals surface area (Å²) >= 11 is 0. The number of benzene rings is 8. The summed E-state index contributed by atoms with van der Waals surface area (Å²) in [6.45, 7) is 0. The Hall–Kier alpha value is -6.38. The SMILES string of the molecule is CN(c1ccc(-c2ccc(N(c3cccc(-c4ccccc4)c3)c3ccc4c(c3)C=CCC4)cc2)cc1)c1cc2ccccc2c2ccccc12. The van der Waals surface area contributed by atoms with Gasteiger partial charge in [-0.1, -0.05) is 133 Å². The van der Waals surface area contributed by atoms with E-state index in [4.69, 9.17) is 0 Å². The maximum atomic E-state index is 2.38. The minimum atomic E-state index is 1.09. The monoisotopic (exact) mass is 654 g/mol. The molecule has 8 aromatic rings. The van der Waals surface area contributed by atoms with E-state index in [1.54, 1.807) is 0 Å². The van der Waals surface area contributed by atoms with Gasteiger partial charge < -0.3 is 9.80 Å². The highest BCUT2D eigenvalue weighted by Gasteiger charge is 2.17. The van der Waals surface area contributed by atoms with Crippen LogP contribution in [0.4, 0.5) is 28.4 Å². The maximum absolute atomic E-state index is 2.38. The average Bonchev–Trinajstić information content (AvgIpc) is 3.21. The van der Waals surface area contributed by atoms with E-state index in [2.05, 4.69) is 205 Å². The van der Waals surface area contributed by atoms with Gasteiger partial charge in [-0.15, -0.1) is 0 Å². The molecule has 0 spiro atoms. The lowest BCUT2D eigenvalue weighted by atomic mass is 9.96. The Balaban J connectivity index is 1.05. The molecule has 0 amide bonds. The lowest BCUT2D eigenvalue weighted by Crippen LogP contribution is -2.11. The highest BCUT2D eigenvalue weighted by atomic mass is 15.1. The van der Waals surface area contributed by atoms with Crippen LogP contribution >= 0.6 is 0 Å². The first-order valence-electron chi connectivity index (χ1n) is 17.8. The predicted molar refractivity (Wildman–Crippen MR) is 219 cm³/mol. The summed E-state index contributed by atoms with van der Waals surface area (Å²) < 4.78 is 0. The van der Waals surface area contributed by atoms with Gasteiger partial charge >= 0.3 is 0 Å². The van der Waals surface area contributed by atoms with Gasteiger partial charge in [0.15, 0.2) is 0 Å². The smallest absolute Gasteiger partial charge is 0.0494 e. The number of hydrogen-bond acceptors (Lipinski definition) is 2. The molecule has 1 aliphatic carbocycles. The Kier molecular flexibility index (Phi) is 7.91. The van der Waals surface area contributed by atoms with Crippen molar-refractivity contribution in [3.8, 4) is 22.3 Å². The average molecular weight is 655 g/mol. The van der Waals surface area contributed by atoms with Crippen molar-refractivity contribution >= 4 is 56.1 Å².